The highest BCUT2D eigenvalue weighted by Gasteiger charge is 2.29. The number of aryl methyl sites for hydroxylation is 1. The number of hydrogen-bond donors (Lipinski definition) is 2. The standard InChI is InChI=1S/C28H34Cl2FN5O4/c1-4-40-28(39)24(15-19-5-7-20(31)8-6-19)34-27(38)23(32-18(2)37)17-26-33-22-16-21(9-10-25(22)35(26)3)36(13-11-29)14-12-30/h5-10,16,23-24H,4,11-15,17H2,1-3H3,(H,32,37)(H,34,38)/t23-,24-/m0/s1. The van der Waals surface area contributed by atoms with E-state index in [1.165, 1.54) is 31.2 Å². The van der Waals surface area contributed by atoms with E-state index >= 15 is 0 Å². The Labute approximate surface area is 243 Å². The van der Waals surface area contributed by atoms with E-state index < -0.39 is 35.7 Å². The van der Waals surface area contributed by atoms with Crippen LogP contribution in [-0.4, -0.2) is 70.9 Å². The lowest BCUT2D eigenvalue weighted by Gasteiger charge is -2.22. The van der Waals surface area contributed by atoms with Crippen LogP contribution >= 0.6 is 23.2 Å². The molecule has 0 aliphatic heterocycles. The highest BCUT2D eigenvalue weighted by atomic mass is 35.5. The van der Waals surface area contributed by atoms with E-state index in [4.69, 9.17) is 32.9 Å². The van der Waals surface area contributed by atoms with Crippen LogP contribution in [0.25, 0.3) is 11.0 Å². The number of fused-ring (bicyclic) bond motifs is 1. The summed E-state index contributed by atoms with van der Waals surface area (Å²) in [4.78, 5) is 44.9. The molecule has 2 amide bonds. The molecule has 216 valence electrons. The molecule has 1 heterocycles. The van der Waals surface area contributed by atoms with Gasteiger partial charge in [0, 0.05) is 57.3 Å². The first-order valence-corrected chi connectivity index (χ1v) is 14.0. The number of nitrogens with one attached hydrogen (secondary N) is 2. The molecule has 2 N–H and O–H groups in total. The van der Waals surface area contributed by atoms with Crippen LogP contribution in [0.15, 0.2) is 42.5 Å². The molecule has 2 aromatic carbocycles. The zero-order valence-corrected chi connectivity index (χ0v) is 24.3. The summed E-state index contributed by atoms with van der Waals surface area (Å²) in [7, 11) is 1.83. The fraction of sp³-hybridized carbons (Fsp3) is 0.429. The highest BCUT2D eigenvalue weighted by Crippen LogP contribution is 2.23. The van der Waals surface area contributed by atoms with Crippen molar-refractivity contribution in [3.05, 3.63) is 59.7 Å². The minimum atomic E-state index is -1.04. The molecule has 0 unspecified atom stereocenters. The number of carbonyl (C=O) groups excluding carboxylic acids is 3. The molecule has 2 atom stereocenters. The molecule has 0 saturated carbocycles. The Morgan fingerprint density at radius 3 is 2.30 bits per heavy atom. The van der Waals surface area contributed by atoms with Gasteiger partial charge in [-0.15, -0.1) is 23.2 Å². The lowest BCUT2D eigenvalue weighted by Crippen LogP contribution is -2.53. The van der Waals surface area contributed by atoms with Gasteiger partial charge in [0.05, 0.1) is 17.6 Å². The number of anilines is 1. The molecule has 1 aromatic heterocycles. The number of rotatable bonds is 14. The molecule has 0 spiro atoms. The molecular formula is C28H34Cl2FN5O4. The SMILES string of the molecule is CCOC(=O)[C@H](Cc1ccc(F)cc1)NC(=O)[C@H](Cc1nc2cc(N(CCCl)CCCl)ccc2n1C)NC(C)=O. The molecule has 12 heteroatoms. The summed E-state index contributed by atoms with van der Waals surface area (Å²) in [5, 5.41) is 5.37. The van der Waals surface area contributed by atoms with E-state index in [1.54, 1.807) is 6.92 Å². The molecule has 0 aliphatic carbocycles. The predicted octanol–water partition coefficient (Wildman–Crippen LogP) is 3.33. The van der Waals surface area contributed by atoms with Crippen molar-refractivity contribution in [2.45, 2.75) is 38.8 Å². The second-order valence-corrected chi connectivity index (χ2v) is 9.98. The van der Waals surface area contributed by atoms with Crippen molar-refractivity contribution in [3.8, 4) is 0 Å². The average molecular weight is 595 g/mol. The van der Waals surface area contributed by atoms with Crippen molar-refractivity contribution >= 4 is 57.7 Å². The third-order valence-electron chi connectivity index (χ3n) is 6.35. The molecule has 3 rings (SSSR count). The first-order valence-electron chi connectivity index (χ1n) is 13.0. The van der Waals surface area contributed by atoms with Gasteiger partial charge in [-0.25, -0.2) is 14.2 Å². The van der Waals surface area contributed by atoms with Gasteiger partial charge in [-0.1, -0.05) is 12.1 Å². The van der Waals surface area contributed by atoms with Crippen LogP contribution in [0.2, 0.25) is 0 Å². The van der Waals surface area contributed by atoms with Gasteiger partial charge in [0.1, 0.15) is 23.7 Å². The highest BCUT2D eigenvalue weighted by molar-refractivity contribution is 6.18. The van der Waals surface area contributed by atoms with Gasteiger partial charge < -0.3 is 24.8 Å². The Balaban J connectivity index is 1.85. The van der Waals surface area contributed by atoms with Crippen molar-refractivity contribution in [2.24, 2.45) is 7.05 Å². The number of ether oxygens (including phenoxy) is 1. The summed E-state index contributed by atoms with van der Waals surface area (Å²) in [6.07, 6.45) is 0.166. The number of nitrogens with zero attached hydrogens (tertiary/aromatic N) is 3. The average Bonchev–Trinajstić information content (AvgIpc) is 3.23. The van der Waals surface area contributed by atoms with Gasteiger partial charge >= 0.3 is 5.97 Å². The number of esters is 1. The second kappa shape index (κ2) is 14.9. The summed E-state index contributed by atoms with van der Waals surface area (Å²) in [5.41, 5.74) is 3.12. The molecule has 0 fully saturated rings. The number of aromatic nitrogens is 2. The van der Waals surface area contributed by atoms with Crippen molar-refractivity contribution in [1.29, 1.82) is 0 Å². The monoisotopic (exact) mass is 593 g/mol. The van der Waals surface area contributed by atoms with Gasteiger partial charge in [-0.3, -0.25) is 9.59 Å². The first kappa shape index (κ1) is 31.2. The van der Waals surface area contributed by atoms with Gasteiger partial charge in [0.2, 0.25) is 11.8 Å². The number of alkyl halides is 2. The van der Waals surface area contributed by atoms with Crippen molar-refractivity contribution in [1.82, 2.24) is 20.2 Å². The quantitative estimate of drug-likeness (QED) is 0.219. The summed E-state index contributed by atoms with van der Waals surface area (Å²) in [6, 6.07) is 9.41. The van der Waals surface area contributed by atoms with E-state index in [9.17, 15) is 18.8 Å². The number of halogens is 3. The van der Waals surface area contributed by atoms with Crippen LogP contribution < -0.4 is 15.5 Å². The number of carbonyl (C=O) groups is 3. The third kappa shape index (κ3) is 8.32. The van der Waals surface area contributed by atoms with Crippen molar-refractivity contribution in [2.75, 3.05) is 36.4 Å². The number of benzene rings is 2. The van der Waals surface area contributed by atoms with Crippen LogP contribution in [0.5, 0.6) is 0 Å². The van der Waals surface area contributed by atoms with Crippen LogP contribution in [0.1, 0.15) is 25.2 Å². The summed E-state index contributed by atoms with van der Waals surface area (Å²) in [5.74, 6) is -0.562. The fourth-order valence-electron chi connectivity index (χ4n) is 4.39. The lowest BCUT2D eigenvalue weighted by atomic mass is 10.0. The Kier molecular flexibility index (Phi) is 11.6. The van der Waals surface area contributed by atoms with Crippen LogP contribution in [-0.2, 0) is 39.0 Å². The van der Waals surface area contributed by atoms with Crippen LogP contribution in [0.4, 0.5) is 10.1 Å². The molecule has 3 aromatic rings. The van der Waals surface area contributed by atoms with E-state index in [-0.39, 0.29) is 19.4 Å². The van der Waals surface area contributed by atoms with E-state index in [0.29, 0.717) is 41.8 Å². The minimum absolute atomic E-state index is 0.0745. The fourth-order valence-corrected chi connectivity index (χ4v) is 4.80. The molecule has 40 heavy (non-hydrogen) atoms. The maximum atomic E-state index is 13.4. The molecule has 0 bridgehead atoms. The Morgan fingerprint density at radius 1 is 1.02 bits per heavy atom. The largest absolute Gasteiger partial charge is 0.464 e. The predicted molar refractivity (Wildman–Crippen MR) is 154 cm³/mol. The van der Waals surface area contributed by atoms with Gasteiger partial charge in [0.25, 0.3) is 0 Å². The summed E-state index contributed by atoms with van der Waals surface area (Å²) in [6.45, 7) is 4.36. The Morgan fingerprint density at radius 2 is 1.70 bits per heavy atom. The molecule has 0 radical (unpaired) electrons. The van der Waals surface area contributed by atoms with Crippen LogP contribution in [0, 0.1) is 5.82 Å². The third-order valence-corrected chi connectivity index (χ3v) is 6.69. The van der Waals surface area contributed by atoms with Gasteiger partial charge in [-0.05, 0) is 42.8 Å². The van der Waals surface area contributed by atoms with Gasteiger partial charge in [0.15, 0.2) is 0 Å². The summed E-state index contributed by atoms with van der Waals surface area (Å²) < 4.78 is 20.4. The maximum Gasteiger partial charge on any atom is 0.328 e. The zero-order chi connectivity index (χ0) is 29.2. The molecular weight excluding hydrogens is 560 g/mol. The molecule has 0 aliphatic rings. The van der Waals surface area contributed by atoms with E-state index in [0.717, 1.165) is 11.2 Å². The second-order valence-electron chi connectivity index (χ2n) is 9.23. The lowest BCUT2D eigenvalue weighted by molar-refractivity contribution is -0.147. The van der Waals surface area contributed by atoms with Crippen LogP contribution in [0.3, 0.4) is 0 Å². The number of imidazole rings is 1. The number of amides is 2. The first-order chi connectivity index (χ1) is 19.2. The Bertz CT molecular complexity index is 1310. The zero-order valence-electron chi connectivity index (χ0n) is 22.8. The Hall–Kier alpha value is -3.37. The van der Waals surface area contributed by atoms with Crippen molar-refractivity contribution in [3.63, 3.8) is 0 Å². The smallest absolute Gasteiger partial charge is 0.328 e. The van der Waals surface area contributed by atoms with E-state index in [2.05, 4.69) is 15.5 Å². The van der Waals surface area contributed by atoms with Crippen molar-refractivity contribution < 1.29 is 23.5 Å². The molecule has 9 nitrogen and oxygen atoms in total. The normalized spacial score (nSPS) is 12.6. The van der Waals surface area contributed by atoms with E-state index in [1.807, 2.05) is 29.8 Å². The maximum absolute atomic E-state index is 13.4. The molecule has 0 saturated heterocycles. The minimum Gasteiger partial charge on any atom is -0.464 e. The summed E-state index contributed by atoms with van der Waals surface area (Å²) >= 11 is 11.9. The number of hydrogen-bond acceptors (Lipinski definition) is 6. The topological polar surface area (TPSA) is 106 Å². The van der Waals surface area contributed by atoms with Gasteiger partial charge in [-0.2, -0.15) is 0 Å².